The Balaban J connectivity index is 0.00000385. The van der Waals surface area contributed by atoms with E-state index in [2.05, 4.69) is 26.2 Å². The van der Waals surface area contributed by atoms with Crippen molar-refractivity contribution >= 4 is 35.8 Å². The fourth-order valence-electron chi connectivity index (χ4n) is 3.94. The summed E-state index contributed by atoms with van der Waals surface area (Å²) in [6, 6.07) is 4.11. The maximum Gasteiger partial charge on any atom is 0.243 e. The first-order valence-electron chi connectivity index (χ1n) is 11.3. The van der Waals surface area contributed by atoms with Crippen LogP contribution in [0.15, 0.2) is 17.1 Å². The first-order chi connectivity index (χ1) is 15.5. The van der Waals surface area contributed by atoms with Crippen molar-refractivity contribution in [3.63, 3.8) is 0 Å². The predicted octanol–water partition coefficient (Wildman–Crippen LogP) is 1.44. The van der Waals surface area contributed by atoms with Crippen molar-refractivity contribution in [1.29, 1.82) is 0 Å². The first kappa shape index (κ1) is 27.5. The topological polar surface area (TPSA) is 78.9 Å². The maximum absolute atomic E-state index is 12.1. The fourth-order valence-corrected chi connectivity index (χ4v) is 3.94. The van der Waals surface area contributed by atoms with E-state index in [0.29, 0.717) is 6.54 Å². The van der Waals surface area contributed by atoms with Crippen molar-refractivity contribution < 1.29 is 19.0 Å². The molecule has 0 radical (unpaired) electrons. The minimum absolute atomic E-state index is 0. The number of amides is 1. The van der Waals surface area contributed by atoms with Crippen LogP contribution in [-0.4, -0.2) is 107 Å². The van der Waals surface area contributed by atoms with Crippen molar-refractivity contribution in [1.82, 2.24) is 20.0 Å². The number of rotatable bonds is 8. The van der Waals surface area contributed by atoms with Crippen LogP contribution < -0.4 is 14.8 Å². The number of aliphatic imine (C=N–C) groups is 1. The quantitative estimate of drug-likeness (QED) is 0.218. The minimum Gasteiger partial charge on any atom is -0.493 e. The normalized spacial score (nSPS) is 16.5. The molecule has 1 N–H and O–H groups in total. The van der Waals surface area contributed by atoms with Crippen molar-refractivity contribution in [3.8, 4) is 11.5 Å². The fraction of sp³-hybridized carbons (Fsp3) is 0.652. The average molecular weight is 575 g/mol. The zero-order valence-corrected chi connectivity index (χ0v) is 22.6. The predicted molar refractivity (Wildman–Crippen MR) is 140 cm³/mol. The number of methoxy groups -OCH3 is 2. The average Bonchev–Trinajstić information content (AvgIpc) is 2.82. The van der Waals surface area contributed by atoms with Gasteiger partial charge in [0.15, 0.2) is 17.5 Å². The molecule has 0 aliphatic carbocycles. The highest BCUT2D eigenvalue weighted by atomic mass is 127. The number of fused-ring (bicyclic) bond motifs is 1. The number of morpholine rings is 1. The summed E-state index contributed by atoms with van der Waals surface area (Å²) in [5.41, 5.74) is 2.45. The lowest BCUT2D eigenvalue weighted by molar-refractivity contribution is -0.127. The Morgan fingerprint density at radius 3 is 2.42 bits per heavy atom. The molecule has 0 aromatic heterocycles. The van der Waals surface area contributed by atoms with E-state index < -0.39 is 0 Å². The van der Waals surface area contributed by atoms with E-state index in [1.54, 1.807) is 33.2 Å². The molecular weight excluding hydrogens is 537 g/mol. The third-order valence-corrected chi connectivity index (χ3v) is 5.92. The molecule has 0 bridgehead atoms. The molecule has 1 fully saturated rings. The van der Waals surface area contributed by atoms with Gasteiger partial charge in [-0.25, -0.2) is 4.99 Å². The summed E-state index contributed by atoms with van der Waals surface area (Å²) in [5, 5.41) is 3.50. The molecule has 2 aliphatic heterocycles. The molecule has 10 heteroatoms. The number of nitrogens with zero attached hydrogens (tertiary/aromatic N) is 4. The van der Waals surface area contributed by atoms with Gasteiger partial charge in [0.2, 0.25) is 5.91 Å². The summed E-state index contributed by atoms with van der Waals surface area (Å²) in [5.74, 6) is 2.25. The van der Waals surface area contributed by atoms with Gasteiger partial charge in [0.05, 0.1) is 27.4 Å². The summed E-state index contributed by atoms with van der Waals surface area (Å²) in [4.78, 5) is 23.0. The number of ether oxygens (including phenoxy) is 3. The monoisotopic (exact) mass is 575 g/mol. The van der Waals surface area contributed by atoms with Gasteiger partial charge in [0.1, 0.15) is 6.54 Å². The molecular formula is C23H38IN5O4. The van der Waals surface area contributed by atoms with Crippen molar-refractivity contribution in [2.24, 2.45) is 4.99 Å². The van der Waals surface area contributed by atoms with Gasteiger partial charge in [-0.15, -0.1) is 24.0 Å². The van der Waals surface area contributed by atoms with E-state index in [4.69, 9.17) is 14.2 Å². The summed E-state index contributed by atoms with van der Waals surface area (Å²) < 4.78 is 16.4. The second-order valence-corrected chi connectivity index (χ2v) is 8.31. The molecule has 1 aromatic rings. The van der Waals surface area contributed by atoms with Crippen molar-refractivity contribution in [3.05, 3.63) is 23.3 Å². The summed E-state index contributed by atoms with van der Waals surface area (Å²) in [6.45, 7) is 7.12. The van der Waals surface area contributed by atoms with E-state index in [1.165, 1.54) is 11.1 Å². The third kappa shape index (κ3) is 7.89. The number of nitrogens with one attached hydrogen (secondary N) is 1. The van der Waals surface area contributed by atoms with Gasteiger partial charge in [0.25, 0.3) is 0 Å². The molecule has 9 nitrogen and oxygen atoms in total. The van der Waals surface area contributed by atoms with Gasteiger partial charge >= 0.3 is 0 Å². The lowest BCUT2D eigenvalue weighted by atomic mass is 9.99. The zero-order chi connectivity index (χ0) is 22.9. The van der Waals surface area contributed by atoms with Crippen LogP contribution in [0.4, 0.5) is 0 Å². The van der Waals surface area contributed by atoms with Gasteiger partial charge in [0, 0.05) is 46.8 Å². The highest BCUT2D eigenvalue weighted by molar-refractivity contribution is 14.0. The van der Waals surface area contributed by atoms with Crippen molar-refractivity contribution in [2.45, 2.75) is 19.4 Å². The number of guanidine groups is 1. The lowest BCUT2D eigenvalue weighted by Gasteiger charge is -2.32. The third-order valence-electron chi connectivity index (χ3n) is 5.92. The highest BCUT2D eigenvalue weighted by Crippen LogP contribution is 2.33. The summed E-state index contributed by atoms with van der Waals surface area (Å²) in [7, 11) is 6.82. The number of halogens is 1. The van der Waals surface area contributed by atoms with Crippen LogP contribution in [0.25, 0.3) is 0 Å². The van der Waals surface area contributed by atoms with E-state index >= 15 is 0 Å². The zero-order valence-electron chi connectivity index (χ0n) is 20.3. The molecule has 2 aliphatic rings. The van der Waals surface area contributed by atoms with E-state index in [-0.39, 0.29) is 36.4 Å². The Hall–Kier alpha value is -1.79. The van der Waals surface area contributed by atoms with Crippen LogP contribution in [0.3, 0.4) is 0 Å². The highest BCUT2D eigenvalue weighted by Gasteiger charge is 2.22. The Bertz CT molecular complexity index is 799. The molecule has 1 amide bonds. The largest absolute Gasteiger partial charge is 0.493 e. The van der Waals surface area contributed by atoms with Crippen LogP contribution in [0.2, 0.25) is 0 Å². The molecule has 1 aromatic carbocycles. The maximum atomic E-state index is 12.1. The van der Waals surface area contributed by atoms with Crippen LogP contribution in [-0.2, 0) is 22.5 Å². The van der Waals surface area contributed by atoms with Crippen LogP contribution in [0, 0.1) is 0 Å². The van der Waals surface area contributed by atoms with Gasteiger partial charge in [-0.2, -0.15) is 0 Å². The van der Waals surface area contributed by atoms with Gasteiger partial charge in [-0.05, 0) is 42.6 Å². The minimum atomic E-state index is -0.0126. The molecule has 0 unspecified atom stereocenters. The number of carbonyl (C=O) groups is 1. The number of hydrogen-bond donors (Lipinski definition) is 1. The van der Waals surface area contributed by atoms with Gasteiger partial charge in [-0.1, -0.05) is 0 Å². The van der Waals surface area contributed by atoms with E-state index in [9.17, 15) is 4.79 Å². The smallest absolute Gasteiger partial charge is 0.243 e. The summed E-state index contributed by atoms with van der Waals surface area (Å²) >= 11 is 0. The van der Waals surface area contributed by atoms with Gasteiger partial charge in [-0.3, -0.25) is 9.69 Å². The second-order valence-electron chi connectivity index (χ2n) is 8.31. The van der Waals surface area contributed by atoms with E-state index in [0.717, 1.165) is 76.2 Å². The first-order valence-corrected chi connectivity index (χ1v) is 11.3. The molecule has 186 valence electrons. The molecule has 33 heavy (non-hydrogen) atoms. The lowest BCUT2D eigenvalue weighted by Crippen LogP contribution is -2.45. The number of carbonyl (C=O) groups excluding carboxylic acids is 1. The van der Waals surface area contributed by atoms with Crippen LogP contribution in [0.5, 0.6) is 11.5 Å². The van der Waals surface area contributed by atoms with Crippen LogP contribution in [0.1, 0.15) is 17.5 Å². The molecule has 1 saturated heterocycles. The molecule has 2 heterocycles. The summed E-state index contributed by atoms with van der Waals surface area (Å²) in [6.07, 6.45) is 1.89. The molecule has 0 atom stereocenters. The standard InChI is InChI=1S/C23H37N5O4.HI/c1-26(2)22(29)16-25-23(24-7-5-8-27-10-12-32-13-11-27)28-9-6-18-14-20(30-3)21(31-4)15-19(18)17-28;/h14-15H,5-13,16-17H2,1-4H3,(H,24,25);1H. The number of benzene rings is 1. The Morgan fingerprint density at radius 2 is 1.79 bits per heavy atom. The number of likely N-dealkylation sites (N-methyl/N-ethyl adjacent to an activating group) is 1. The van der Waals surface area contributed by atoms with Gasteiger partial charge < -0.3 is 29.3 Å². The second kappa shape index (κ2) is 13.8. The Labute approximate surface area is 214 Å². The SMILES string of the molecule is COc1cc2c(cc1OC)CN(C(=NCC(=O)N(C)C)NCCCN1CCOCC1)CC2.I. The molecule has 0 spiro atoms. The number of hydrogen-bond acceptors (Lipinski definition) is 6. The molecule has 0 saturated carbocycles. The van der Waals surface area contributed by atoms with Crippen LogP contribution >= 0.6 is 24.0 Å². The molecule has 3 rings (SSSR count). The Morgan fingerprint density at radius 1 is 1.12 bits per heavy atom. The van der Waals surface area contributed by atoms with E-state index in [1.807, 2.05) is 6.07 Å². The Kier molecular flexibility index (Phi) is 11.5. The van der Waals surface area contributed by atoms with Crippen molar-refractivity contribution in [2.75, 3.05) is 80.8 Å².